The second kappa shape index (κ2) is 11.1. The van der Waals surface area contributed by atoms with E-state index in [1.54, 1.807) is 19.5 Å². The maximum absolute atomic E-state index is 11.7. The Hall–Kier alpha value is -3.08. The average molecular weight is 527 g/mol. The second-order valence-electron chi connectivity index (χ2n) is 9.67. The summed E-state index contributed by atoms with van der Waals surface area (Å²) in [7, 11) is 1.66. The van der Waals surface area contributed by atoms with Crippen LogP contribution in [0.5, 0.6) is 0 Å². The Kier molecular flexibility index (Phi) is 7.68. The Morgan fingerprint density at radius 3 is 2.70 bits per heavy atom. The number of rotatable bonds is 9. The molecule has 0 saturated heterocycles. The molecule has 5 rings (SSSR count). The molecular weight excluding hydrogens is 496 g/mol. The van der Waals surface area contributed by atoms with Crippen LogP contribution in [0.4, 0.5) is 0 Å². The molecule has 1 aliphatic rings. The van der Waals surface area contributed by atoms with Crippen LogP contribution in [-0.4, -0.2) is 50.0 Å². The van der Waals surface area contributed by atoms with Crippen LogP contribution >= 0.6 is 11.6 Å². The lowest BCUT2D eigenvalue weighted by Crippen LogP contribution is -2.22. The summed E-state index contributed by atoms with van der Waals surface area (Å²) < 4.78 is 18.6. The van der Waals surface area contributed by atoms with Crippen LogP contribution in [0.3, 0.4) is 0 Å². The van der Waals surface area contributed by atoms with Crippen molar-refractivity contribution in [3.63, 3.8) is 0 Å². The van der Waals surface area contributed by atoms with Gasteiger partial charge in [-0.25, -0.2) is 14.8 Å². The highest BCUT2D eigenvalue weighted by Crippen LogP contribution is 2.36. The first-order chi connectivity index (χ1) is 18.0. The molecule has 11 heteroatoms. The molecule has 4 aromatic heterocycles. The van der Waals surface area contributed by atoms with E-state index in [0.717, 1.165) is 42.2 Å². The van der Waals surface area contributed by atoms with Crippen molar-refractivity contribution < 1.29 is 14.0 Å². The number of pyridine rings is 2. The predicted octanol–water partition coefficient (Wildman–Crippen LogP) is 5.04. The quantitative estimate of drug-likeness (QED) is 0.322. The van der Waals surface area contributed by atoms with E-state index in [9.17, 15) is 4.79 Å². The first-order valence-electron chi connectivity index (χ1n) is 12.7. The Bertz CT molecular complexity index is 1420. The Balaban J connectivity index is 1.74. The molecule has 0 aromatic carbocycles. The summed E-state index contributed by atoms with van der Waals surface area (Å²) in [6.07, 6.45) is 7.69. The molecule has 1 unspecified atom stereocenters. The lowest BCUT2D eigenvalue weighted by Gasteiger charge is -2.28. The molecule has 0 spiro atoms. The Morgan fingerprint density at radius 2 is 2.03 bits per heavy atom. The summed E-state index contributed by atoms with van der Waals surface area (Å²) in [5.41, 5.74) is 3.35. The van der Waals surface area contributed by atoms with Gasteiger partial charge in [0, 0.05) is 38.2 Å². The molecule has 4 heterocycles. The zero-order valence-corrected chi connectivity index (χ0v) is 22.0. The molecule has 37 heavy (non-hydrogen) atoms. The number of nitrogens with zero attached hydrogens (tertiary/aromatic N) is 5. The van der Waals surface area contributed by atoms with E-state index in [4.69, 9.17) is 35.6 Å². The topological polar surface area (TPSA) is 121 Å². The zero-order chi connectivity index (χ0) is 25.9. The first kappa shape index (κ1) is 25.6. The molecular formula is C26H31ClN6O4. The van der Waals surface area contributed by atoms with Gasteiger partial charge in [-0.15, -0.1) is 0 Å². The van der Waals surface area contributed by atoms with E-state index >= 15 is 0 Å². The van der Waals surface area contributed by atoms with Crippen LogP contribution < -0.4 is 5.76 Å². The molecule has 0 radical (unpaired) electrons. The van der Waals surface area contributed by atoms with E-state index in [2.05, 4.69) is 26.6 Å². The molecule has 1 aliphatic carbocycles. The number of aromatic amines is 1. The molecule has 1 fully saturated rings. The normalized spacial score (nSPS) is 18.9. The summed E-state index contributed by atoms with van der Waals surface area (Å²) in [4.78, 5) is 28.5. The highest BCUT2D eigenvalue weighted by Gasteiger charge is 2.28. The smallest absolute Gasteiger partial charge is 0.382 e. The number of aromatic nitrogens is 6. The van der Waals surface area contributed by atoms with E-state index < -0.39 is 5.76 Å². The molecule has 1 atom stereocenters. The second-order valence-corrected chi connectivity index (χ2v) is 10.1. The number of hydrogen-bond acceptors (Lipinski definition) is 8. The van der Waals surface area contributed by atoms with Gasteiger partial charge < -0.3 is 14.0 Å². The number of hydrogen-bond donors (Lipinski definition) is 1. The standard InChI is InChI=1S/C26H31ClN6O4/c1-4-36-21(14-35-3)25-30-19-10-20(24-31-26(34)37-32-24)29-22(17-9-18(27)12-28-11-17)23(19)33(25)13-16-7-5-15(2)6-8-16/h9-12,15-16,21H,4-8,13-14H2,1-3H3,(H,31,32,34)/t15-,16-,21?. The molecule has 4 aromatic rings. The highest BCUT2D eigenvalue weighted by atomic mass is 35.5. The maximum Gasteiger partial charge on any atom is 0.439 e. The van der Waals surface area contributed by atoms with Crippen molar-refractivity contribution >= 4 is 22.6 Å². The summed E-state index contributed by atoms with van der Waals surface area (Å²) in [5, 5.41) is 4.33. The van der Waals surface area contributed by atoms with Gasteiger partial charge in [0.05, 0.1) is 28.4 Å². The van der Waals surface area contributed by atoms with Crippen LogP contribution in [0.15, 0.2) is 33.8 Å². The van der Waals surface area contributed by atoms with Gasteiger partial charge in [-0.1, -0.05) is 36.5 Å². The first-order valence-corrected chi connectivity index (χ1v) is 13.0. The SMILES string of the molecule is CCOC(COC)c1nc2cc(-c3noc(=O)[nH]3)nc(-c3cncc(Cl)c3)c2n1C[C@H]1CC[C@H](C)CC1. The molecule has 10 nitrogen and oxygen atoms in total. The third-order valence-corrected chi connectivity index (χ3v) is 7.17. The molecule has 1 N–H and O–H groups in total. The van der Waals surface area contributed by atoms with Gasteiger partial charge in [-0.05, 0) is 43.7 Å². The van der Waals surface area contributed by atoms with Gasteiger partial charge in [0.1, 0.15) is 17.6 Å². The summed E-state index contributed by atoms with van der Waals surface area (Å²) >= 11 is 6.33. The average Bonchev–Trinajstić information content (AvgIpc) is 3.48. The van der Waals surface area contributed by atoms with Gasteiger partial charge in [-0.3, -0.25) is 14.5 Å². The minimum Gasteiger partial charge on any atom is -0.382 e. The van der Waals surface area contributed by atoms with Crippen LogP contribution in [-0.2, 0) is 16.0 Å². The van der Waals surface area contributed by atoms with Gasteiger partial charge in [0.15, 0.2) is 0 Å². The fraction of sp³-hybridized carbons (Fsp3) is 0.500. The number of halogens is 1. The molecule has 0 aliphatic heterocycles. The largest absolute Gasteiger partial charge is 0.439 e. The minimum atomic E-state index is -0.655. The molecule has 0 amide bonds. The Labute approximate surface area is 219 Å². The Morgan fingerprint density at radius 1 is 1.22 bits per heavy atom. The molecule has 1 saturated carbocycles. The van der Waals surface area contributed by atoms with E-state index in [0.29, 0.717) is 41.1 Å². The van der Waals surface area contributed by atoms with Crippen molar-refractivity contribution in [1.29, 1.82) is 0 Å². The molecule has 0 bridgehead atoms. The van der Waals surface area contributed by atoms with Crippen molar-refractivity contribution in [2.75, 3.05) is 20.3 Å². The van der Waals surface area contributed by atoms with Crippen molar-refractivity contribution in [3.05, 3.63) is 45.9 Å². The number of H-pyrrole nitrogens is 1. The van der Waals surface area contributed by atoms with Crippen LogP contribution in [0.25, 0.3) is 33.8 Å². The third-order valence-electron chi connectivity index (χ3n) is 6.97. The van der Waals surface area contributed by atoms with E-state index in [1.807, 2.05) is 19.1 Å². The number of fused-ring (bicyclic) bond motifs is 1. The van der Waals surface area contributed by atoms with Crippen LogP contribution in [0.1, 0.15) is 51.5 Å². The van der Waals surface area contributed by atoms with Crippen molar-refractivity contribution in [1.82, 2.24) is 29.7 Å². The fourth-order valence-electron chi connectivity index (χ4n) is 5.13. The lowest BCUT2D eigenvalue weighted by molar-refractivity contribution is -0.00438. The van der Waals surface area contributed by atoms with Gasteiger partial charge in [0.25, 0.3) is 0 Å². The van der Waals surface area contributed by atoms with Crippen LogP contribution in [0, 0.1) is 11.8 Å². The third kappa shape index (κ3) is 5.46. The molecule has 196 valence electrons. The van der Waals surface area contributed by atoms with Crippen molar-refractivity contribution in [2.24, 2.45) is 11.8 Å². The van der Waals surface area contributed by atoms with E-state index in [-0.39, 0.29) is 11.9 Å². The maximum atomic E-state index is 11.7. The summed E-state index contributed by atoms with van der Waals surface area (Å²) in [5.74, 6) is 1.60. The number of nitrogens with one attached hydrogen (secondary N) is 1. The highest BCUT2D eigenvalue weighted by molar-refractivity contribution is 6.30. The van der Waals surface area contributed by atoms with Crippen molar-refractivity contribution in [2.45, 2.75) is 52.2 Å². The lowest BCUT2D eigenvalue weighted by atomic mass is 9.83. The van der Waals surface area contributed by atoms with E-state index in [1.165, 1.54) is 12.8 Å². The zero-order valence-electron chi connectivity index (χ0n) is 21.2. The predicted molar refractivity (Wildman–Crippen MR) is 139 cm³/mol. The summed E-state index contributed by atoms with van der Waals surface area (Å²) in [6.45, 7) is 5.95. The van der Waals surface area contributed by atoms with Crippen molar-refractivity contribution in [3.8, 4) is 22.8 Å². The van der Waals surface area contributed by atoms with Crippen LogP contribution in [0.2, 0.25) is 5.02 Å². The minimum absolute atomic E-state index is 0.221. The monoisotopic (exact) mass is 526 g/mol. The van der Waals surface area contributed by atoms with Gasteiger partial charge in [0.2, 0.25) is 5.82 Å². The van der Waals surface area contributed by atoms with Gasteiger partial charge >= 0.3 is 5.76 Å². The van der Waals surface area contributed by atoms with Gasteiger partial charge in [-0.2, -0.15) is 0 Å². The number of methoxy groups -OCH3 is 1. The number of imidazole rings is 1. The summed E-state index contributed by atoms with van der Waals surface area (Å²) in [6, 6.07) is 3.63. The fourth-order valence-corrected chi connectivity index (χ4v) is 5.30. The number of ether oxygens (including phenoxy) is 2.